The van der Waals surface area contributed by atoms with Crippen LogP contribution in [-0.4, -0.2) is 40.1 Å². The van der Waals surface area contributed by atoms with Crippen molar-refractivity contribution >= 4 is 23.4 Å². The average Bonchev–Trinajstić information content (AvgIpc) is 3.15. The van der Waals surface area contributed by atoms with E-state index in [-0.39, 0.29) is 12.3 Å². The Balaban J connectivity index is 1.56. The van der Waals surface area contributed by atoms with Crippen molar-refractivity contribution in [1.29, 1.82) is 0 Å². The Bertz CT molecular complexity index is 1060. The van der Waals surface area contributed by atoms with Crippen LogP contribution in [0.3, 0.4) is 0 Å². The Morgan fingerprint density at radius 3 is 2.59 bits per heavy atom. The third kappa shape index (κ3) is 6.37. The molecule has 2 aromatic carbocycles. The molecule has 3 rings (SSSR count). The number of nitrogens with zero attached hydrogens (tertiary/aromatic N) is 3. The first-order chi connectivity index (χ1) is 15.5. The zero-order valence-electron chi connectivity index (χ0n) is 18.6. The van der Waals surface area contributed by atoms with Crippen molar-refractivity contribution in [2.45, 2.75) is 32.0 Å². The number of thioether (sulfide) groups is 1. The molecule has 3 aromatic rings. The van der Waals surface area contributed by atoms with Crippen LogP contribution in [0.15, 0.2) is 60.3 Å². The lowest BCUT2D eigenvalue weighted by molar-refractivity contribution is -0.115. The maximum absolute atomic E-state index is 12.6. The molecule has 1 amide bonds. The third-order valence-electron chi connectivity index (χ3n) is 4.72. The highest BCUT2D eigenvalue weighted by molar-refractivity contribution is 7.99. The number of methoxy groups -OCH3 is 1. The lowest BCUT2D eigenvalue weighted by Crippen LogP contribution is -2.18. The highest BCUT2D eigenvalue weighted by Gasteiger charge is 2.16. The SMILES string of the molecule is C=CCn1c(CC(=O)Nc2ccc(C)cc2C)nnc1SCCOc1ccc(OC)cc1. The number of anilines is 1. The minimum atomic E-state index is -0.131. The second kappa shape index (κ2) is 11.4. The van der Waals surface area contributed by atoms with E-state index in [0.717, 1.165) is 33.5 Å². The summed E-state index contributed by atoms with van der Waals surface area (Å²) in [6, 6.07) is 13.4. The molecule has 1 N–H and O–H groups in total. The summed E-state index contributed by atoms with van der Waals surface area (Å²) in [5.41, 5.74) is 2.99. The molecule has 0 spiro atoms. The number of amides is 1. The molecule has 0 saturated heterocycles. The van der Waals surface area contributed by atoms with Crippen LogP contribution in [0.1, 0.15) is 17.0 Å². The van der Waals surface area contributed by atoms with Gasteiger partial charge in [0.2, 0.25) is 5.91 Å². The van der Waals surface area contributed by atoms with Gasteiger partial charge < -0.3 is 19.4 Å². The molecule has 8 heteroatoms. The normalized spacial score (nSPS) is 10.6. The summed E-state index contributed by atoms with van der Waals surface area (Å²) in [5, 5.41) is 12.2. The molecule has 0 aliphatic carbocycles. The van der Waals surface area contributed by atoms with Gasteiger partial charge in [-0.05, 0) is 49.7 Å². The Morgan fingerprint density at radius 2 is 1.91 bits per heavy atom. The predicted molar refractivity (Wildman–Crippen MR) is 128 cm³/mol. The van der Waals surface area contributed by atoms with E-state index >= 15 is 0 Å². The van der Waals surface area contributed by atoms with Crippen LogP contribution >= 0.6 is 11.8 Å². The van der Waals surface area contributed by atoms with Gasteiger partial charge in [-0.25, -0.2) is 0 Å². The Morgan fingerprint density at radius 1 is 1.16 bits per heavy atom. The van der Waals surface area contributed by atoms with Crippen LogP contribution in [0.25, 0.3) is 0 Å². The first kappa shape index (κ1) is 23.4. The van der Waals surface area contributed by atoms with Crippen molar-refractivity contribution < 1.29 is 14.3 Å². The molecule has 0 atom stereocenters. The van der Waals surface area contributed by atoms with Crippen molar-refractivity contribution in [2.24, 2.45) is 0 Å². The molecule has 168 valence electrons. The van der Waals surface area contributed by atoms with Crippen LogP contribution in [0, 0.1) is 13.8 Å². The largest absolute Gasteiger partial charge is 0.497 e. The summed E-state index contributed by atoms with van der Waals surface area (Å²) in [6.45, 7) is 8.86. The number of aromatic nitrogens is 3. The molecule has 0 aliphatic heterocycles. The number of carbonyl (C=O) groups excluding carboxylic acids is 1. The first-order valence-electron chi connectivity index (χ1n) is 10.3. The van der Waals surface area contributed by atoms with E-state index in [4.69, 9.17) is 9.47 Å². The minimum absolute atomic E-state index is 0.131. The van der Waals surface area contributed by atoms with Gasteiger partial charge in [-0.1, -0.05) is 35.5 Å². The minimum Gasteiger partial charge on any atom is -0.497 e. The fourth-order valence-corrected chi connectivity index (χ4v) is 3.91. The molecule has 0 radical (unpaired) electrons. The van der Waals surface area contributed by atoms with E-state index in [1.807, 2.05) is 60.9 Å². The highest BCUT2D eigenvalue weighted by Crippen LogP contribution is 2.21. The molecule has 0 fully saturated rings. The lowest BCUT2D eigenvalue weighted by atomic mass is 10.1. The Labute approximate surface area is 192 Å². The van der Waals surface area contributed by atoms with Crippen molar-refractivity contribution in [3.8, 4) is 11.5 Å². The number of nitrogens with one attached hydrogen (secondary N) is 1. The van der Waals surface area contributed by atoms with E-state index in [2.05, 4.69) is 22.1 Å². The van der Waals surface area contributed by atoms with Crippen LogP contribution in [-0.2, 0) is 17.8 Å². The molecule has 7 nitrogen and oxygen atoms in total. The quantitative estimate of drug-likeness (QED) is 0.263. The van der Waals surface area contributed by atoms with Gasteiger partial charge >= 0.3 is 0 Å². The van der Waals surface area contributed by atoms with Crippen LogP contribution < -0.4 is 14.8 Å². The number of carbonyl (C=O) groups is 1. The summed E-state index contributed by atoms with van der Waals surface area (Å²) in [7, 11) is 1.63. The molecule has 0 saturated carbocycles. The maximum Gasteiger partial charge on any atom is 0.232 e. The first-order valence-corrected chi connectivity index (χ1v) is 11.3. The van der Waals surface area contributed by atoms with E-state index < -0.39 is 0 Å². The Kier molecular flexibility index (Phi) is 8.33. The smallest absolute Gasteiger partial charge is 0.232 e. The molecule has 0 aliphatic rings. The number of rotatable bonds is 11. The zero-order chi connectivity index (χ0) is 22.9. The van der Waals surface area contributed by atoms with Gasteiger partial charge in [0.1, 0.15) is 17.3 Å². The summed E-state index contributed by atoms with van der Waals surface area (Å²) in [5.74, 6) is 2.73. The summed E-state index contributed by atoms with van der Waals surface area (Å²) in [6.07, 6.45) is 1.91. The molecular formula is C24H28N4O3S. The number of allylic oxidation sites excluding steroid dienone is 1. The monoisotopic (exact) mass is 452 g/mol. The van der Waals surface area contributed by atoms with Crippen molar-refractivity contribution in [3.63, 3.8) is 0 Å². The molecule has 0 bridgehead atoms. The number of hydrogen-bond donors (Lipinski definition) is 1. The van der Waals surface area contributed by atoms with Gasteiger partial charge in [-0.3, -0.25) is 4.79 Å². The second-order valence-electron chi connectivity index (χ2n) is 7.21. The highest BCUT2D eigenvalue weighted by atomic mass is 32.2. The van der Waals surface area contributed by atoms with Gasteiger partial charge in [0.05, 0.1) is 20.1 Å². The molecule has 32 heavy (non-hydrogen) atoms. The van der Waals surface area contributed by atoms with Crippen LogP contribution in [0.5, 0.6) is 11.5 Å². The summed E-state index contributed by atoms with van der Waals surface area (Å²) in [4.78, 5) is 12.6. The topological polar surface area (TPSA) is 78.3 Å². The van der Waals surface area contributed by atoms with E-state index in [9.17, 15) is 4.79 Å². The van der Waals surface area contributed by atoms with Crippen molar-refractivity contribution in [3.05, 3.63) is 72.1 Å². The molecule has 1 heterocycles. The van der Waals surface area contributed by atoms with Gasteiger partial charge in [0, 0.05) is 18.0 Å². The van der Waals surface area contributed by atoms with Crippen molar-refractivity contribution in [1.82, 2.24) is 14.8 Å². The van der Waals surface area contributed by atoms with E-state index in [1.54, 1.807) is 13.2 Å². The number of ether oxygens (including phenoxy) is 2. The summed E-state index contributed by atoms with van der Waals surface area (Å²) >= 11 is 1.53. The fraction of sp³-hybridized carbons (Fsp3) is 0.292. The van der Waals surface area contributed by atoms with Gasteiger partial charge in [0.15, 0.2) is 5.16 Å². The van der Waals surface area contributed by atoms with E-state index in [0.29, 0.717) is 24.7 Å². The Hall–Kier alpha value is -3.26. The molecule has 1 aromatic heterocycles. The predicted octanol–water partition coefficient (Wildman–Crippen LogP) is 4.44. The maximum atomic E-state index is 12.6. The van der Waals surface area contributed by atoms with E-state index in [1.165, 1.54) is 11.8 Å². The van der Waals surface area contributed by atoms with Gasteiger partial charge in [0.25, 0.3) is 0 Å². The second-order valence-corrected chi connectivity index (χ2v) is 8.28. The number of aryl methyl sites for hydroxylation is 2. The standard InChI is InChI=1S/C24H28N4O3S/c1-5-12-28-22(16-23(29)25-21-11-6-17(2)15-18(21)3)26-27-24(28)32-14-13-31-20-9-7-19(30-4)8-10-20/h5-11,15H,1,12-14,16H2,2-4H3,(H,25,29). The fourth-order valence-electron chi connectivity index (χ4n) is 3.13. The van der Waals surface area contributed by atoms with Crippen molar-refractivity contribution in [2.75, 3.05) is 24.8 Å². The molecular weight excluding hydrogens is 424 g/mol. The zero-order valence-corrected chi connectivity index (χ0v) is 19.4. The third-order valence-corrected chi connectivity index (χ3v) is 5.65. The van der Waals surface area contributed by atoms with Gasteiger partial charge in [-0.15, -0.1) is 16.8 Å². The number of hydrogen-bond acceptors (Lipinski definition) is 6. The lowest BCUT2D eigenvalue weighted by Gasteiger charge is -2.10. The van der Waals surface area contributed by atoms with Gasteiger partial charge in [-0.2, -0.15) is 0 Å². The average molecular weight is 453 g/mol. The van der Waals surface area contributed by atoms with Crippen LogP contribution in [0.4, 0.5) is 5.69 Å². The van der Waals surface area contributed by atoms with Crippen LogP contribution in [0.2, 0.25) is 0 Å². The number of benzene rings is 2. The molecule has 0 unspecified atom stereocenters. The summed E-state index contributed by atoms with van der Waals surface area (Å²) < 4.78 is 12.8.